The van der Waals surface area contributed by atoms with Gasteiger partial charge in [0.1, 0.15) is 5.69 Å². The fraction of sp³-hybridized carbons (Fsp3) is 0.692. The van der Waals surface area contributed by atoms with Crippen LogP contribution < -0.4 is 5.32 Å². The molecule has 204 valence electrons. The molecule has 1 N–H and O–H groups in total. The van der Waals surface area contributed by atoms with Crippen LogP contribution in [0.15, 0.2) is 6.20 Å². The molecule has 2 amide bonds. The van der Waals surface area contributed by atoms with E-state index in [2.05, 4.69) is 15.5 Å². The van der Waals surface area contributed by atoms with Crippen molar-refractivity contribution in [3.8, 4) is 0 Å². The summed E-state index contributed by atoms with van der Waals surface area (Å²) in [6.45, 7) is 3.24. The first kappa shape index (κ1) is 25.3. The van der Waals surface area contributed by atoms with E-state index in [0.717, 1.165) is 70.9 Å². The highest BCUT2D eigenvalue weighted by Gasteiger charge is 2.61. The second-order valence-corrected chi connectivity index (χ2v) is 12.6. The highest BCUT2D eigenvalue weighted by atomic mass is 35.5. The Morgan fingerprint density at radius 3 is 2.50 bits per heavy atom. The first-order chi connectivity index (χ1) is 18.1. The van der Waals surface area contributed by atoms with Crippen molar-refractivity contribution in [2.45, 2.75) is 76.7 Å². The fourth-order valence-electron chi connectivity index (χ4n) is 8.47. The topological polar surface area (TPSA) is 128 Å². The standard InChI is InChI=1S/C26H34ClN7O4/c1-16-21(27)23(34(37)38)30-33(16)26-11-17-8-18(12-26)10-25(9-17,15-26)13-20(35)29-19-14-28-31(2)22(19)24(36)32-6-4-3-5-7-32/h14,17-18H,3-13,15H2,1-2H3,(H,29,35). The number of aryl methyl sites for hydroxylation is 1. The van der Waals surface area contributed by atoms with Gasteiger partial charge in [0.2, 0.25) is 5.91 Å². The molecule has 4 saturated carbocycles. The van der Waals surface area contributed by atoms with Gasteiger partial charge in [-0.05, 0) is 86.9 Å². The third-order valence-corrected chi connectivity index (χ3v) is 9.84. The molecule has 11 nitrogen and oxygen atoms in total. The molecule has 3 heterocycles. The van der Waals surface area contributed by atoms with E-state index in [1.54, 1.807) is 24.9 Å². The number of likely N-dealkylation sites (tertiary alicyclic amines) is 1. The Morgan fingerprint density at radius 1 is 1.18 bits per heavy atom. The normalized spacial score (nSPS) is 30.0. The fourth-order valence-corrected chi connectivity index (χ4v) is 8.65. The molecule has 0 spiro atoms. The lowest BCUT2D eigenvalue weighted by Crippen LogP contribution is -2.57. The summed E-state index contributed by atoms with van der Waals surface area (Å²) in [5, 5.41) is 23.3. The van der Waals surface area contributed by atoms with E-state index >= 15 is 0 Å². The third-order valence-electron chi connectivity index (χ3n) is 9.39. The van der Waals surface area contributed by atoms with Crippen molar-refractivity contribution in [3.63, 3.8) is 0 Å². The number of rotatable bonds is 6. The molecule has 2 aromatic rings. The van der Waals surface area contributed by atoms with Gasteiger partial charge in [-0.15, -0.1) is 0 Å². The summed E-state index contributed by atoms with van der Waals surface area (Å²) in [6.07, 6.45) is 10.6. The van der Waals surface area contributed by atoms with Crippen molar-refractivity contribution in [3.05, 3.63) is 32.7 Å². The van der Waals surface area contributed by atoms with Crippen molar-refractivity contribution in [2.75, 3.05) is 18.4 Å². The second kappa shape index (κ2) is 9.07. The minimum absolute atomic E-state index is 0.0959. The first-order valence-corrected chi connectivity index (χ1v) is 14.0. The number of amides is 2. The van der Waals surface area contributed by atoms with Crippen LogP contribution in [0.5, 0.6) is 0 Å². The van der Waals surface area contributed by atoms with E-state index in [4.69, 9.17) is 11.6 Å². The predicted octanol–water partition coefficient (Wildman–Crippen LogP) is 4.44. The summed E-state index contributed by atoms with van der Waals surface area (Å²) in [4.78, 5) is 39.6. The maximum absolute atomic E-state index is 13.5. The van der Waals surface area contributed by atoms with Crippen LogP contribution in [0, 0.1) is 34.3 Å². The van der Waals surface area contributed by atoms with Gasteiger partial charge in [0.25, 0.3) is 5.91 Å². The quantitative estimate of drug-likeness (QED) is 0.424. The average molecular weight is 544 g/mol. The Morgan fingerprint density at radius 2 is 1.87 bits per heavy atom. The molecule has 2 atom stereocenters. The van der Waals surface area contributed by atoms with Gasteiger partial charge in [0.05, 0.1) is 28.2 Å². The van der Waals surface area contributed by atoms with Crippen LogP contribution in [0.4, 0.5) is 11.5 Å². The minimum atomic E-state index is -0.522. The van der Waals surface area contributed by atoms with Gasteiger partial charge < -0.3 is 20.3 Å². The van der Waals surface area contributed by atoms with Gasteiger partial charge in [-0.25, -0.2) is 0 Å². The van der Waals surface area contributed by atoms with Gasteiger partial charge in [0.15, 0.2) is 5.02 Å². The Kier molecular flexibility index (Phi) is 6.04. The van der Waals surface area contributed by atoms with Gasteiger partial charge >= 0.3 is 5.82 Å². The third kappa shape index (κ3) is 4.10. The monoisotopic (exact) mass is 543 g/mol. The number of hydrogen-bond acceptors (Lipinski definition) is 6. The zero-order valence-corrected chi connectivity index (χ0v) is 22.7. The molecular weight excluding hydrogens is 510 g/mol. The summed E-state index contributed by atoms with van der Waals surface area (Å²) in [5.74, 6) is 0.375. The molecular formula is C26H34ClN7O4. The van der Waals surface area contributed by atoms with Crippen molar-refractivity contribution < 1.29 is 14.5 Å². The second-order valence-electron chi connectivity index (χ2n) is 12.2. The largest absolute Gasteiger partial charge is 0.408 e. The van der Waals surface area contributed by atoms with Crippen LogP contribution in [0.2, 0.25) is 5.02 Å². The highest BCUT2D eigenvalue weighted by Crippen LogP contribution is 2.65. The van der Waals surface area contributed by atoms with Gasteiger partial charge in [-0.1, -0.05) is 11.6 Å². The maximum atomic E-state index is 13.5. The Balaban J connectivity index is 1.24. The van der Waals surface area contributed by atoms with E-state index in [1.807, 2.05) is 9.58 Å². The number of halogens is 1. The number of carbonyl (C=O) groups is 2. The van der Waals surface area contributed by atoms with E-state index in [-0.39, 0.29) is 33.6 Å². The molecule has 1 aliphatic heterocycles. The number of nitro groups is 1. The summed E-state index contributed by atoms with van der Waals surface area (Å²) in [7, 11) is 1.73. The molecule has 4 aliphatic carbocycles. The number of anilines is 1. The summed E-state index contributed by atoms with van der Waals surface area (Å²) >= 11 is 6.33. The van der Waals surface area contributed by atoms with Crippen molar-refractivity contribution in [1.29, 1.82) is 0 Å². The van der Waals surface area contributed by atoms with Gasteiger partial charge in [-0.2, -0.15) is 9.78 Å². The van der Waals surface area contributed by atoms with E-state index in [9.17, 15) is 19.7 Å². The van der Waals surface area contributed by atoms with Crippen LogP contribution in [0.1, 0.15) is 80.4 Å². The number of nitrogens with one attached hydrogen (secondary N) is 1. The highest BCUT2D eigenvalue weighted by molar-refractivity contribution is 6.33. The van der Waals surface area contributed by atoms with Crippen LogP contribution in [-0.4, -0.2) is 54.3 Å². The molecule has 12 heteroatoms. The lowest BCUT2D eigenvalue weighted by Gasteiger charge is -2.61. The number of aromatic nitrogens is 4. The Bertz CT molecular complexity index is 1300. The predicted molar refractivity (Wildman–Crippen MR) is 140 cm³/mol. The lowest BCUT2D eigenvalue weighted by molar-refractivity contribution is -0.389. The number of piperidine rings is 1. The smallest absolute Gasteiger partial charge is 0.358 e. The number of nitrogens with zero attached hydrogens (tertiary/aromatic N) is 6. The summed E-state index contributed by atoms with van der Waals surface area (Å²) in [5.41, 5.74) is 0.911. The summed E-state index contributed by atoms with van der Waals surface area (Å²) in [6, 6.07) is 0. The SMILES string of the molecule is Cc1c(Cl)c([N+](=O)[O-])nn1C12CC3CC(CC(CC(=O)Nc4cnn(C)c4C(=O)N4CCCCC4)(C3)C1)C2. The van der Waals surface area contributed by atoms with Crippen molar-refractivity contribution in [2.24, 2.45) is 24.3 Å². The zero-order chi connectivity index (χ0) is 26.8. The molecule has 2 aromatic heterocycles. The number of carbonyl (C=O) groups excluding carboxylic acids is 2. The van der Waals surface area contributed by atoms with Crippen LogP contribution in [0.3, 0.4) is 0 Å². The molecule has 38 heavy (non-hydrogen) atoms. The van der Waals surface area contributed by atoms with E-state index in [0.29, 0.717) is 35.3 Å². The lowest BCUT2D eigenvalue weighted by atomic mass is 9.46. The molecule has 0 radical (unpaired) electrons. The number of hydrogen-bond donors (Lipinski definition) is 1. The zero-order valence-electron chi connectivity index (χ0n) is 21.9. The van der Waals surface area contributed by atoms with Crippen molar-refractivity contribution >= 4 is 34.9 Å². The molecule has 5 aliphatic rings. The van der Waals surface area contributed by atoms with Crippen molar-refractivity contribution in [1.82, 2.24) is 24.5 Å². The maximum Gasteiger partial charge on any atom is 0.408 e. The molecule has 7 rings (SSSR count). The van der Waals surface area contributed by atoms with Crippen LogP contribution in [0.25, 0.3) is 0 Å². The molecule has 4 bridgehead atoms. The van der Waals surface area contributed by atoms with Gasteiger partial charge in [0, 0.05) is 26.6 Å². The Labute approximate surface area is 226 Å². The van der Waals surface area contributed by atoms with Gasteiger partial charge in [-0.3, -0.25) is 14.3 Å². The minimum Gasteiger partial charge on any atom is -0.358 e. The Hall–Kier alpha value is -2.95. The van der Waals surface area contributed by atoms with E-state index in [1.165, 1.54) is 0 Å². The van der Waals surface area contributed by atoms with Crippen LogP contribution in [-0.2, 0) is 17.4 Å². The first-order valence-electron chi connectivity index (χ1n) is 13.6. The van der Waals surface area contributed by atoms with Crippen LogP contribution >= 0.6 is 11.6 Å². The van der Waals surface area contributed by atoms with E-state index < -0.39 is 4.92 Å². The molecule has 2 unspecified atom stereocenters. The average Bonchev–Trinajstić information content (AvgIpc) is 3.37. The molecule has 1 saturated heterocycles. The molecule has 5 fully saturated rings. The summed E-state index contributed by atoms with van der Waals surface area (Å²) < 4.78 is 3.36. The molecule has 0 aromatic carbocycles.